The normalized spacial score (nSPS) is 17.8. The fourth-order valence-electron chi connectivity index (χ4n) is 2.51. The maximum absolute atomic E-state index is 12.0. The fraction of sp³-hybridized carbons (Fsp3) is 0.267. The van der Waals surface area contributed by atoms with Gasteiger partial charge < -0.3 is 4.74 Å². The van der Waals surface area contributed by atoms with Crippen LogP contribution in [0.15, 0.2) is 30.3 Å². The summed E-state index contributed by atoms with van der Waals surface area (Å²) in [6.07, 6.45) is 0.145. The van der Waals surface area contributed by atoms with E-state index in [1.165, 1.54) is 12.0 Å². The van der Waals surface area contributed by atoms with Gasteiger partial charge >= 0.3 is 5.97 Å². The summed E-state index contributed by atoms with van der Waals surface area (Å²) in [7, 11) is 1.32. The van der Waals surface area contributed by atoms with E-state index in [-0.39, 0.29) is 24.8 Å². The topological polar surface area (TPSA) is 75.3 Å². The highest BCUT2D eigenvalue weighted by molar-refractivity contribution is 6.30. The Kier molecular flexibility index (Phi) is 3.85. The van der Waals surface area contributed by atoms with Gasteiger partial charge in [-0.3, -0.25) is 19.6 Å². The minimum Gasteiger partial charge on any atom is -0.469 e. The number of H-pyrrole nitrogens is 1. The minimum atomic E-state index is -0.441. The molecule has 22 heavy (non-hydrogen) atoms. The number of hydrogen-bond acceptors (Lipinski definition) is 4. The van der Waals surface area contributed by atoms with E-state index in [0.717, 1.165) is 11.3 Å². The number of carbonyl (C=O) groups excluding carboxylic acids is 2. The lowest BCUT2D eigenvalue weighted by Crippen LogP contribution is -2.26. The third-order valence-corrected chi connectivity index (χ3v) is 3.87. The Balaban J connectivity index is 1.82. The van der Waals surface area contributed by atoms with Gasteiger partial charge in [0, 0.05) is 29.6 Å². The van der Waals surface area contributed by atoms with Crippen molar-refractivity contribution in [3.8, 4) is 11.3 Å². The number of esters is 1. The first-order valence-electron chi connectivity index (χ1n) is 6.78. The summed E-state index contributed by atoms with van der Waals surface area (Å²) in [5.41, 5.74) is 1.63. The van der Waals surface area contributed by atoms with Gasteiger partial charge in [0.2, 0.25) is 5.91 Å². The number of benzene rings is 1. The van der Waals surface area contributed by atoms with Gasteiger partial charge in [0.05, 0.1) is 18.7 Å². The van der Waals surface area contributed by atoms with E-state index in [9.17, 15) is 9.59 Å². The quantitative estimate of drug-likeness (QED) is 0.880. The average Bonchev–Trinajstić information content (AvgIpc) is 3.13. The third-order valence-electron chi connectivity index (χ3n) is 3.64. The van der Waals surface area contributed by atoms with Crippen LogP contribution in [0.5, 0.6) is 0 Å². The lowest BCUT2D eigenvalue weighted by molar-refractivity contribution is -0.145. The standard InChI is InChI=1S/C15H14ClN3O3/c1-22-15(21)10-6-14(20)19(8-10)13-7-12(17-18-13)9-3-2-4-11(16)5-9/h2-5,7,10H,6,8H2,1H3,(H,17,18). The monoisotopic (exact) mass is 319 g/mol. The number of rotatable bonds is 3. The molecule has 1 atom stereocenters. The van der Waals surface area contributed by atoms with E-state index in [2.05, 4.69) is 10.2 Å². The average molecular weight is 320 g/mol. The molecule has 7 heteroatoms. The van der Waals surface area contributed by atoms with Crippen LogP contribution in [0.4, 0.5) is 5.82 Å². The summed E-state index contributed by atoms with van der Waals surface area (Å²) in [4.78, 5) is 25.1. The molecule has 1 aromatic carbocycles. The molecule has 0 aliphatic carbocycles. The molecular formula is C15H14ClN3O3. The highest BCUT2D eigenvalue weighted by atomic mass is 35.5. The van der Waals surface area contributed by atoms with E-state index in [1.54, 1.807) is 12.1 Å². The SMILES string of the molecule is COC(=O)C1CC(=O)N(c2cc(-c3cccc(Cl)c3)[nH]n2)C1. The van der Waals surface area contributed by atoms with E-state index >= 15 is 0 Å². The van der Waals surface area contributed by atoms with Crippen molar-refractivity contribution in [2.24, 2.45) is 5.92 Å². The van der Waals surface area contributed by atoms with Crippen molar-refractivity contribution in [1.82, 2.24) is 10.2 Å². The van der Waals surface area contributed by atoms with Crippen molar-refractivity contribution in [3.05, 3.63) is 35.4 Å². The molecule has 3 rings (SSSR count). The zero-order valence-electron chi connectivity index (χ0n) is 11.9. The van der Waals surface area contributed by atoms with E-state index < -0.39 is 5.92 Å². The first kappa shape index (κ1) is 14.6. The number of anilines is 1. The minimum absolute atomic E-state index is 0.139. The van der Waals surface area contributed by atoms with Gasteiger partial charge in [0.15, 0.2) is 5.82 Å². The number of nitrogens with zero attached hydrogens (tertiary/aromatic N) is 2. The number of aromatic amines is 1. The number of amides is 1. The van der Waals surface area contributed by atoms with E-state index in [0.29, 0.717) is 10.8 Å². The van der Waals surface area contributed by atoms with Crippen molar-refractivity contribution in [1.29, 1.82) is 0 Å². The maximum Gasteiger partial charge on any atom is 0.311 e. The molecule has 2 heterocycles. The molecule has 1 aliphatic rings. The molecule has 1 fully saturated rings. The number of halogens is 1. The number of hydrogen-bond donors (Lipinski definition) is 1. The van der Waals surface area contributed by atoms with E-state index in [4.69, 9.17) is 16.3 Å². The number of methoxy groups -OCH3 is 1. The number of carbonyl (C=O) groups is 2. The van der Waals surface area contributed by atoms with Gasteiger partial charge in [-0.2, -0.15) is 5.10 Å². The third kappa shape index (κ3) is 2.69. The van der Waals surface area contributed by atoms with Crippen LogP contribution in [0.2, 0.25) is 5.02 Å². The zero-order valence-corrected chi connectivity index (χ0v) is 12.6. The number of nitrogens with one attached hydrogen (secondary N) is 1. The van der Waals surface area contributed by atoms with Gasteiger partial charge in [-0.1, -0.05) is 23.7 Å². The molecule has 0 spiro atoms. The molecule has 0 saturated carbocycles. The van der Waals surface area contributed by atoms with Crippen LogP contribution in [-0.2, 0) is 14.3 Å². The second-order valence-corrected chi connectivity index (χ2v) is 5.52. The Morgan fingerprint density at radius 2 is 2.27 bits per heavy atom. The van der Waals surface area contributed by atoms with Crippen LogP contribution in [-0.4, -0.2) is 35.7 Å². The Morgan fingerprint density at radius 3 is 3.00 bits per heavy atom. The predicted octanol–water partition coefficient (Wildman–Crippen LogP) is 2.26. The van der Waals surface area contributed by atoms with Crippen LogP contribution >= 0.6 is 11.6 Å². The second-order valence-electron chi connectivity index (χ2n) is 5.08. The molecule has 6 nitrogen and oxygen atoms in total. The Morgan fingerprint density at radius 1 is 1.45 bits per heavy atom. The molecule has 1 amide bonds. The van der Waals surface area contributed by atoms with E-state index in [1.807, 2.05) is 18.2 Å². The molecule has 1 N–H and O–H groups in total. The lowest BCUT2D eigenvalue weighted by atomic mass is 10.1. The van der Waals surface area contributed by atoms with Crippen LogP contribution in [0.3, 0.4) is 0 Å². The second kappa shape index (κ2) is 5.81. The molecule has 0 radical (unpaired) electrons. The summed E-state index contributed by atoms with van der Waals surface area (Å²) in [5, 5.41) is 7.67. The van der Waals surface area contributed by atoms with Crippen molar-refractivity contribution in [3.63, 3.8) is 0 Å². The molecule has 114 valence electrons. The maximum atomic E-state index is 12.0. The van der Waals surface area contributed by atoms with Crippen LogP contribution in [0, 0.1) is 5.92 Å². The molecule has 1 saturated heterocycles. The molecule has 1 unspecified atom stereocenters. The highest BCUT2D eigenvalue weighted by Gasteiger charge is 2.36. The van der Waals surface area contributed by atoms with Crippen LogP contribution in [0.25, 0.3) is 11.3 Å². The fourth-order valence-corrected chi connectivity index (χ4v) is 2.70. The van der Waals surface area contributed by atoms with Crippen LogP contribution < -0.4 is 4.90 Å². The van der Waals surface area contributed by atoms with Crippen LogP contribution in [0.1, 0.15) is 6.42 Å². The molecule has 0 bridgehead atoms. The Hall–Kier alpha value is -2.34. The van der Waals surface area contributed by atoms with Crippen molar-refractivity contribution in [2.45, 2.75) is 6.42 Å². The first-order chi connectivity index (χ1) is 10.6. The summed E-state index contributed by atoms with van der Waals surface area (Å²) in [6, 6.07) is 9.09. The molecule has 1 aromatic heterocycles. The van der Waals surface area contributed by atoms with Crippen molar-refractivity contribution in [2.75, 3.05) is 18.6 Å². The zero-order chi connectivity index (χ0) is 15.7. The lowest BCUT2D eigenvalue weighted by Gasteiger charge is -2.12. The first-order valence-corrected chi connectivity index (χ1v) is 7.16. The van der Waals surface area contributed by atoms with Gasteiger partial charge in [-0.25, -0.2) is 0 Å². The van der Waals surface area contributed by atoms with Crippen molar-refractivity contribution >= 4 is 29.3 Å². The summed E-state index contributed by atoms with van der Waals surface area (Å²) in [6.45, 7) is 0.283. The smallest absolute Gasteiger partial charge is 0.311 e. The molecular weight excluding hydrogens is 306 g/mol. The molecule has 2 aromatic rings. The largest absolute Gasteiger partial charge is 0.469 e. The Bertz CT molecular complexity index is 728. The number of ether oxygens (including phenoxy) is 1. The van der Waals surface area contributed by atoms with Gasteiger partial charge in [0.1, 0.15) is 0 Å². The number of aromatic nitrogens is 2. The van der Waals surface area contributed by atoms with Gasteiger partial charge in [0.25, 0.3) is 0 Å². The van der Waals surface area contributed by atoms with Crippen molar-refractivity contribution < 1.29 is 14.3 Å². The summed E-state index contributed by atoms with van der Waals surface area (Å²) < 4.78 is 4.69. The summed E-state index contributed by atoms with van der Waals surface area (Å²) >= 11 is 5.97. The highest BCUT2D eigenvalue weighted by Crippen LogP contribution is 2.28. The van der Waals surface area contributed by atoms with Gasteiger partial charge in [-0.15, -0.1) is 0 Å². The molecule has 1 aliphatic heterocycles. The summed E-state index contributed by atoms with van der Waals surface area (Å²) in [5.74, 6) is -0.462. The predicted molar refractivity (Wildman–Crippen MR) is 81.5 cm³/mol. The Labute approximate surface area is 132 Å². The van der Waals surface area contributed by atoms with Gasteiger partial charge in [-0.05, 0) is 12.1 Å².